The third-order valence-electron chi connectivity index (χ3n) is 2.32. The molecule has 0 saturated carbocycles. The molecule has 18 heavy (non-hydrogen) atoms. The smallest absolute Gasteiger partial charge is 0.312 e. The minimum absolute atomic E-state index is 0.0357. The highest BCUT2D eigenvalue weighted by molar-refractivity contribution is 5.46. The van der Waals surface area contributed by atoms with Crippen molar-refractivity contribution in [3.8, 4) is 11.6 Å². The molecule has 0 aromatic carbocycles. The molecule has 0 saturated heterocycles. The van der Waals surface area contributed by atoms with Gasteiger partial charge in [-0.1, -0.05) is 0 Å². The highest BCUT2D eigenvalue weighted by Gasteiger charge is 2.17. The van der Waals surface area contributed by atoms with Crippen LogP contribution in [0.25, 0.3) is 5.82 Å². The minimum atomic E-state index is -0.589. The van der Waals surface area contributed by atoms with Crippen molar-refractivity contribution in [1.82, 2.24) is 9.55 Å². The fourth-order valence-corrected chi connectivity index (χ4v) is 1.51. The van der Waals surface area contributed by atoms with Gasteiger partial charge in [-0.15, -0.1) is 0 Å². The van der Waals surface area contributed by atoms with Crippen molar-refractivity contribution in [2.24, 2.45) is 0 Å². The van der Waals surface area contributed by atoms with Crippen LogP contribution in [0.2, 0.25) is 0 Å². The molecule has 0 N–H and O–H groups in total. The van der Waals surface area contributed by atoms with E-state index < -0.39 is 10.5 Å². The van der Waals surface area contributed by atoms with Gasteiger partial charge in [0.25, 0.3) is 5.56 Å². The van der Waals surface area contributed by atoms with Crippen LogP contribution >= 0.6 is 0 Å². The molecule has 7 heteroatoms. The minimum Gasteiger partial charge on any atom is -0.491 e. The van der Waals surface area contributed by atoms with E-state index in [4.69, 9.17) is 4.74 Å². The van der Waals surface area contributed by atoms with Gasteiger partial charge < -0.3 is 4.74 Å². The van der Waals surface area contributed by atoms with Crippen molar-refractivity contribution < 1.29 is 9.66 Å². The maximum Gasteiger partial charge on any atom is 0.312 e. The molecule has 0 aliphatic carbocycles. The largest absolute Gasteiger partial charge is 0.491 e. The summed E-state index contributed by atoms with van der Waals surface area (Å²) in [7, 11) is 1.36. The van der Waals surface area contributed by atoms with Crippen LogP contribution in [-0.2, 0) is 0 Å². The van der Waals surface area contributed by atoms with E-state index in [1.54, 1.807) is 6.07 Å². The number of methoxy groups -OCH3 is 1. The average molecular weight is 247 g/mol. The summed E-state index contributed by atoms with van der Waals surface area (Å²) < 4.78 is 5.96. The Morgan fingerprint density at radius 1 is 1.39 bits per heavy atom. The molecule has 0 spiro atoms. The predicted octanol–water partition coefficient (Wildman–Crippen LogP) is 1.15. The second-order valence-corrected chi connectivity index (χ2v) is 3.35. The second kappa shape index (κ2) is 4.66. The predicted molar refractivity (Wildman–Crippen MR) is 63.0 cm³/mol. The molecular weight excluding hydrogens is 238 g/mol. The van der Waals surface area contributed by atoms with Crippen molar-refractivity contribution in [3.05, 3.63) is 57.1 Å². The van der Waals surface area contributed by atoms with Crippen LogP contribution < -0.4 is 10.3 Å². The van der Waals surface area contributed by atoms with Gasteiger partial charge in [0.2, 0.25) is 5.82 Å². The lowest BCUT2D eigenvalue weighted by Crippen LogP contribution is -2.20. The third-order valence-corrected chi connectivity index (χ3v) is 2.32. The van der Waals surface area contributed by atoms with Gasteiger partial charge >= 0.3 is 5.69 Å². The number of nitrogens with zero attached hydrogens (tertiary/aromatic N) is 3. The van der Waals surface area contributed by atoms with Gasteiger partial charge in [-0.2, -0.15) is 0 Å². The zero-order valence-corrected chi connectivity index (χ0v) is 9.44. The molecule has 2 rings (SSSR count). The van der Waals surface area contributed by atoms with Gasteiger partial charge in [-0.05, 0) is 18.2 Å². The van der Waals surface area contributed by atoms with Gasteiger partial charge in [0, 0.05) is 18.5 Å². The van der Waals surface area contributed by atoms with Gasteiger partial charge in [-0.3, -0.25) is 19.5 Å². The highest BCUT2D eigenvalue weighted by Crippen LogP contribution is 2.18. The van der Waals surface area contributed by atoms with Gasteiger partial charge in [-0.25, -0.2) is 4.98 Å². The Labute approximate surface area is 101 Å². The SMILES string of the molecule is COc1cccn(-c2ncccc2[N+](=O)[O-])c1=O. The van der Waals surface area contributed by atoms with E-state index in [1.807, 2.05) is 0 Å². The first kappa shape index (κ1) is 11.8. The fourth-order valence-electron chi connectivity index (χ4n) is 1.51. The van der Waals surface area contributed by atoms with Crippen molar-refractivity contribution in [2.45, 2.75) is 0 Å². The first-order valence-corrected chi connectivity index (χ1v) is 5.00. The topological polar surface area (TPSA) is 87.3 Å². The number of hydrogen-bond acceptors (Lipinski definition) is 5. The maximum atomic E-state index is 12.0. The summed E-state index contributed by atoms with van der Waals surface area (Å²) in [6.07, 6.45) is 2.79. The summed E-state index contributed by atoms with van der Waals surface area (Å²) in [6, 6.07) is 5.76. The first-order valence-electron chi connectivity index (χ1n) is 5.00. The molecular formula is C11H9N3O4. The Bertz CT molecular complexity index is 651. The molecule has 2 aromatic heterocycles. The monoisotopic (exact) mass is 247 g/mol. The molecule has 7 nitrogen and oxygen atoms in total. The maximum absolute atomic E-state index is 12.0. The summed E-state index contributed by atoms with van der Waals surface area (Å²) in [6.45, 7) is 0. The van der Waals surface area contributed by atoms with Crippen LogP contribution in [0, 0.1) is 10.1 Å². The van der Waals surface area contributed by atoms with E-state index in [0.29, 0.717) is 0 Å². The third kappa shape index (κ3) is 1.93. The Balaban J connectivity index is 2.70. The van der Waals surface area contributed by atoms with Crippen LogP contribution in [0.15, 0.2) is 41.5 Å². The lowest BCUT2D eigenvalue weighted by atomic mass is 10.3. The lowest BCUT2D eigenvalue weighted by Gasteiger charge is -2.06. The van der Waals surface area contributed by atoms with Crippen LogP contribution in [-0.4, -0.2) is 21.6 Å². The van der Waals surface area contributed by atoms with E-state index in [9.17, 15) is 14.9 Å². The molecule has 0 amide bonds. The van der Waals surface area contributed by atoms with Gasteiger partial charge in [0.15, 0.2) is 5.75 Å². The Morgan fingerprint density at radius 3 is 2.83 bits per heavy atom. The Morgan fingerprint density at radius 2 is 2.17 bits per heavy atom. The van der Waals surface area contributed by atoms with E-state index in [2.05, 4.69) is 4.98 Å². The van der Waals surface area contributed by atoms with Gasteiger partial charge in [0.1, 0.15) is 0 Å². The Kier molecular flexibility index (Phi) is 3.05. The van der Waals surface area contributed by atoms with E-state index in [-0.39, 0.29) is 17.3 Å². The van der Waals surface area contributed by atoms with Crippen molar-refractivity contribution in [1.29, 1.82) is 0 Å². The number of pyridine rings is 2. The molecule has 0 unspecified atom stereocenters. The molecule has 2 heterocycles. The van der Waals surface area contributed by atoms with E-state index >= 15 is 0 Å². The number of hydrogen-bond donors (Lipinski definition) is 0. The lowest BCUT2D eigenvalue weighted by molar-refractivity contribution is -0.384. The number of ether oxygens (including phenoxy) is 1. The van der Waals surface area contributed by atoms with E-state index in [1.165, 1.54) is 37.7 Å². The van der Waals surface area contributed by atoms with Gasteiger partial charge in [0.05, 0.1) is 12.0 Å². The molecule has 0 atom stereocenters. The summed E-state index contributed by atoms with van der Waals surface area (Å²) in [5, 5.41) is 10.9. The van der Waals surface area contributed by atoms with Crippen LogP contribution in [0.4, 0.5) is 5.69 Å². The highest BCUT2D eigenvalue weighted by atomic mass is 16.6. The molecule has 0 fully saturated rings. The average Bonchev–Trinajstić information content (AvgIpc) is 2.39. The normalized spacial score (nSPS) is 10.1. The summed E-state index contributed by atoms with van der Waals surface area (Å²) >= 11 is 0. The summed E-state index contributed by atoms with van der Waals surface area (Å²) in [5.74, 6) is 0.0591. The van der Waals surface area contributed by atoms with Crippen molar-refractivity contribution in [3.63, 3.8) is 0 Å². The van der Waals surface area contributed by atoms with E-state index in [0.717, 1.165) is 4.57 Å². The quantitative estimate of drug-likeness (QED) is 0.599. The van der Waals surface area contributed by atoms with Crippen LogP contribution in [0.1, 0.15) is 0 Å². The van der Waals surface area contributed by atoms with Crippen LogP contribution in [0.3, 0.4) is 0 Å². The molecule has 0 radical (unpaired) electrons. The summed E-state index contributed by atoms with van der Waals surface area (Å²) in [4.78, 5) is 26.1. The zero-order valence-electron chi connectivity index (χ0n) is 9.44. The van der Waals surface area contributed by atoms with Crippen molar-refractivity contribution in [2.75, 3.05) is 7.11 Å². The zero-order chi connectivity index (χ0) is 13.1. The molecule has 0 aliphatic heterocycles. The molecule has 92 valence electrons. The van der Waals surface area contributed by atoms with Crippen molar-refractivity contribution >= 4 is 5.69 Å². The number of aromatic nitrogens is 2. The molecule has 0 aliphatic rings. The molecule has 0 bridgehead atoms. The number of nitro groups is 1. The molecule has 2 aromatic rings. The summed E-state index contributed by atoms with van der Waals surface area (Å²) in [5.41, 5.74) is -0.741. The van der Waals surface area contributed by atoms with Crippen LogP contribution in [0.5, 0.6) is 5.75 Å². The first-order chi connectivity index (χ1) is 8.65. The fraction of sp³-hybridized carbons (Fsp3) is 0.0909. The second-order valence-electron chi connectivity index (χ2n) is 3.35. The number of rotatable bonds is 3. The standard InChI is InChI=1S/C11H9N3O4/c1-18-9-5-3-7-13(11(9)15)10-8(14(16)17)4-2-6-12-10/h2-7H,1H3. The Hall–Kier alpha value is -2.70.